The molecule has 0 saturated carbocycles. The van der Waals surface area contributed by atoms with Crippen molar-refractivity contribution in [2.45, 2.75) is 33.6 Å². The average Bonchev–Trinajstić information content (AvgIpc) is 3.32. The first-order valence-electron chi connectivity index (χ1n) is 12.7. The van der Waals surface area contributed by atoms with Gasteiger partial charge in [0.1, 0.15) is 12.4 Å². The van der Waals surface area contributed by atoms with Gasteiger partial charge in [-0.3, -0.25) is 4.79 Å². The van der Waals surface area contributed by atoms with E-state index >= 15 is 0 Å². The van der Waals surface area contributed by atoms with E-state index in [0.717, 1.165) is 35.2 Å². The summed E-state index contributed by atoms with van der Waals surface area (Å²) in [6.45, 7) is 6.30. The quantitative estimate of drug-likeness (QED) is 0.243. The van der Waals surface area contributed by atoms with Crippen molar-refractivity contribution < 1.29 is 9.59 Å². The molecule has 4 rings (SSSR count). The third-order valence-electron chi connectivity index (χ3n) is 6.24. The number of aryl methyl sites for hydroxylation is 2. The summed E-state index contributed by atoms with van der Waals surface area (Å²) in [4.78, 5) is 28.1. The maximum absolute atomic E-state index is 13.3. The van der Waals surface area contributed by atoms with Gasteiger partial charge in [0.25, 0.3) is 0 Å². The highest BCUT2D eigenvalue weighted by Crippen LogP contribution is 2.28. The standard InChI is InChI=1S/C30H32ClN5O2/c1-4-5-18-35(30(38)33-29-21(2)12-11-13-22(29)3)20-28(37)32-27-19-25(23-14-7-6-8-15-23)34-36(27)26-17-10-9-16-24(26)31/h6-17,19H,4-5,18,20H2,1-3H3,(H,32,37)(H,33,38). The predicted molar refractivity (Wildman–Crippen MR) is 154 cm³/mol. The topological polar surface area (TPSA) is 79.3 Å². The summed E-state index contributed by atoms with van der Waals surface area (Å²) in [5, 5.41) is 11.2. The third kappa shape index (κ3) is 6.42. The fourth-order valence-electron chi connectivity index (χ4n) is 4.18. The highest BCUT2D eigenvalue weighted by molar-refractivity contribution is 6.32. The third-order valence-corrected chi connectivity index (χ3v) is 6.56. The molecule has 2 N–H and O–H groups in total. The second-order valence-corrected chi connectivity index (χ2v) is 9.57. The number of unbranched alkanes of at least 4 members (excludes halogenated alkanes) is 1. The average molecular weight is 530 g/mol. The van der Waals surface area contributed by atoms with Crippen LogP contribution in [0, 0.1) is 13.8 Å². The predicted octanol–water partition coefficient (Wildman–Crippen LogP) is 7.08. The van der Waals surface area contributed by atoms with Gasteiger partial charge in [-0.05, 0) is 43.5 Å². The van der Waals surface area contributed by atoms with E-state index in [1.54, 1.807) is 15.6 Å². The molecule has 8 heteroatoms. The molecule has 38 heavy (non-hydrogen) atoms. The van der Waals surface area contributed by atoms with E-state index in [1.807, 2.05) is 86.6 Å². The number of hydrogen-bond acceptors (Lipinski definition) is 3. The number of aromatic nitrogens is 2. The number of nitrogens with one attached hydrogen (secondary N) is 2. The number of para-hydroxylation sites is 2. The van der Waals surface area contributed by atoms with Gasteiger partial charge in [-0.1, -0.05) is 85.6 Å². The van der Waals surface area contributed by atoms with Crippen LogP contribution in [0.3, 0.4) is 0 Å². The fraction of sp³-hybridized carbons (Fsp3) is 0.233. The smallest absolute Gasteiger partial charge is 0.315 e. The molecule has 7 nitrogen and oxygen atoms in total. The van der Waals surface area contributed by atoms with E-state index in [4.69, 9.17) is 16.7 Å². The second kappa shape index (κ2) is 12.4. The van der Waals surface area contributed by atoms with Crippen molar-refractivity contribution >= 4 is 35.0 Å². The van der Waals surface area contributed by atoms with Gasteiger partial charge in [0, 0.05) is 23.9 Å². The van der Waals surface area contributed by atoms with Gasteiger partial charge in [-0.25, -0.2) is 9.48 Å². The van der Waals surface area contributed by atoms with Gasteiger partial charge < -0.3 is 15.5 Å². The van der Waals surface area contributed by atoms with Crippen LogP contribution in [0.4, 0.5) is 16.3 Å². The number of carbonyl (C=O) groups excluding carboxylic acids is 2. The molecule has 1 heterocycles. The highest BCUT2D eigenvalue weighted by atomic mass is 35.5. The molecule has 0 unspecified atom stereocenters. The number of nitrogens with zero attached hydrogens (tertiary/aromatic N) is 3. The molecule has 0 aliphatic rings. The van der Waals surface area contributed by atoms with Crippen molar-refractivity contribution in [2.75, 3.05) is 23.7 Å². The Morgan fingerprint density at radius 1 is 0.921 bits per heavy atom. The summed E-state index contributed by atoms with van der Waals surface area (Å²) in [5.74, 6) is 0.137. The molecule has 4 aromatic rings. The molecule has 0 saturated heterocycles. The minimum Gasteiger partial charge on any atom is -0.315 e. The molecule has 0 aliphatic carbocycles. The van der Waals surface area contributed by atoms with E-state index in [9.17, 15) is 9.59 Å². The summed E-state index contributed by atoms with van der Waals surface area (Å²) in [6.07, 6.45) is 1.68. The maximum Gasteiger partial charge on any atom is 0.322 e. The molecule has 0 spiro atoms. The molecular weight excluding hydrogens is 498 g/mol. The summed E-state index contributed by atoms with van der Waals surface area (Å²) in [6, 6.07) is 24.4. The Bertz CT molecular complexity index is 1400. The first-order valence-corrected chi connectivity index (χ1v) is 13.1. The van der Waals surface area contributed by atoms with Crippen molar-refractivity contribution in [2.24, 2.45) is 0 Å². The number of anilines is 2. The Morgan fingerprint density at radius 2 is 1.61 bits per heavy atom. The number of carbonyl (C=O) groups is 2. The Kier molecular flexibility index (Phi) is 8.81. The molecule has 0 fully saturated rings. The van der Waals surface area contributed by atoms with Crippen molar-refractivity contribution in [3.63, 3.8) is 0 Å². The van der Waals surface area contributed by atoms with Gasteiger partial charge in [0.2, 0.25) is 5.91 Å². The summed E-state index contributed by atoms with van der Waals surface area (Å²) >= 11 is 6.47. The minimum atomic E-state index is -0.328. The lowest BCUT2D eigenvalue weighted by molar-refractivity contribution is -0.116. The lowest BCUT2D eigenvalue weighted by Crippen LogP contribution is -2.41. The monoisotopic (exact) mass is 529 g/mol. The van der Waals surface area contributed by atoms with Crippen LogP contribution in [0.15, 0.2) is 78.9 Å². The Morgan fingerprint density at radius 3 is 2.29 bits per heavy atom. The van der Waals surface area contributed by atoms with E-state index in [1.165, 1.54) is 0 Å². The SMILES string of the molecule is CCCCN(CC(=O)Nc1cc(-c2ccccc2)nn1-c1ccccc1Cl)C(=O)Nc1c(C)cccc1C. The van der Waals surface area contributed by atoms with Crippen molar-refractivity contribution in [1.29, 1.82) is 0 Å². The van der Waals surface area contributed by atoms with Crippen LogP contribution in [0.1, 0.15) is 30.9 Å². The largest absolute Gasteiger partial charge is 0.322 e. The Hall–Kier alpha value is -4.10. The summed E-state index contributed by atoms with van der Waals surface area (Å²) in [5.41, 5.74) is 4.94. The maximum atomic E-state index is 13.3. The lowest BCUT2D eigenvalue weighted by atomic mass is 10.1. The second-order valence-electron chi connectivity index (χ2n) is 9.16. The van der Waals surface area contributed by atoms with Crippen LogP contribution >= 0.6 is 11.6 Å². The van der Waals surface area contributed by atoms with Gasteiger partial charge in [-0.15, -0.1) is 0 Å². The molecule has 0 atom stereocenters. The number of urea groups is 1. The summed E-state index contributed by atoms with van der Waals surface area (Å²) in [7, 11) is 0. The van der Waals surface area contributed by atoms with Crippen LogP contribution in [-0.2, 0) is 4.79 Å². The lowest BCUT2D eigenvalue weighted by Gasteiger charge is -2.23. The van der Waals surface area contributed by atoms with Crippen LogP contribution in [0.5, 0.6) is 0 Å². The van der Waals surface area contributed by atoms with E-state index in [-0.39, 0.29) is 18.5 Å². The van der Waals surface area contributed by atoms with Crippen molar-refractivity contribution in [3.05, 3.63) is 95.0 Å². The normalized spacial score (nSPS) is 10.7. The zero-order chi connectivity index (χ0) is 27.1. The van der Waals surface area contributed by atoms with Gasteiger partial charge >= 0.3 is 6.03 Å². The van der Waals surface area contributed by atoms with Crippen LogP contribution in [-0.4, -0.2) is 39.7 Å². The van der Waals surface area contributed by atoms with Gasteiger partial charge in [0.05, 0.1) is 16.4 Å². The zero-order valence-electron chi connectivity index (χ0n) is 21.9. The molecular formula is C30H32ClN5O2. The van der Waals surface area contributed by atoms with Crippen LogP contribution in [0.25, 0.3) is 16.9 Å². The molecule has 3 amide bonds. The molecule has 0 bridgehead atoms. The van der Waals surface area contributed by atoms with Crippen molar-refractivity contribution in [1.82, 2.24) is 14.7 Å². The molecule has 0 aliphatic heterocycles. The van der Waals surface area contributed by atoms with E-state index in [2.05, 4.69) is 17.6 Å². The first kappa shape index (κ1) is 26.9. The molecule has 0 radical (unpaired) electrons. The highest BCUT2D eigenvalue weighted by Gasteiger charge is 2.21. The van der Waals surface area contributed by atoms with Gasteiger partial charge in [0.15, 0.2) is 0 Å². The minimum absolute atomic E-state index is 0.106. The number of benzene rings is 3. The van der Waals surface area contributed by atoms with E-state index in [0.29, 0.717) is 28.8 Å². The first-order chi connectivity index (χ1) is 18.4. The number of halogens is 1. The fourth-order valence-corrected chi connectivity index (χ4v) is 4.40. The zero-order valence-corrected chi connectivity index (χ0v) is 22.6. The van der Waals surface area contributed by atoms with Gasteiger partial charge in [-0.2, -0.15) is 5.10 Å². The van der Waals surface area contributed by atoms with Crippen LogP contribution in [0.2, 0.25) is 5.02 Å². The van der Waals surface area contributed by atoms with E-state index < -0.39 is 0 Å². The van der Waals surface area contributed by atoms with Crippen molar-refractivity contribution in [3.8, 4) is 16.9 Å². The Labute approximate surface area is 228 Å². The molecule has 3 aromatic carbocycles. The van der Waals surface area contributed by atoms with Crippen LogP contribution < -0.4 is 10.6 Å². The summed E-state index contributed by atoms with van der Waals surface area (Å²) < 4.78 is 1.62. The Balaban J connectivity index is 1.58. The number of rotatable bonds is 9. The number of hydrogen-bond donors (Lipinski definition) is 2. The number of amides is 3. The molecule has 1 aromatic heterocycles. The molecule has 196 valence electrons.